The lowest BCUT2D eigenvalue weighted by Crippen LogP contribution is -2.16. The van der Waals surface area contributed by atoms with Gasteiger partial charge in [-0.05, 0) is 37.3 Å². The first-order valence-electron chi connectivity index (χ1n) is 5.61. The van der Waals surface area contributed by atoms with E-state index in [1.54, 1.807) is 6.07 Å². The second kappa shape index (κ2) is 4.51. The molecule has 0 radical (unpaired) electrons. The van der Waals surface area contributed by atoms with Gasteiger partial charge in [0.15, 0.2) is 0 Å². The molecule has 2 N–H and O–H groups in total. The number of anilines is 1. The van der Waals surface area contributed by atoms with E-state index in [-0.39, 0.29) is 5.56 Å². The number of carbonyl (C=O) groups is 1. The van der Waals surface area contributed by atoms with Crippen molar-refractivity contribution in [3.05, 3.63) is 23.9 Å². The Balaban J connectivity index is 2.04. The second-order valence-electron chi connectivity index (χ2n) is 4.49. The zero-order chi connectivity index (χ0) is 11.5. The van der Waals surface area contributed by atoms with Gasteiger partial charge in [-0.15, -0.1) is 0 Å². The molecular formula is C12H16N2O2. The number of rotatable bonds is 3. The Morgan fingerprint density at radius 3 is 3.00 bits per heavy atom. The van der Waals surface area contributed by atoms with E-state index in [2.05, 4.69) is 17.2 Å². The number of nitrogens with zero attached hydrogens (tertiary/aromatic N) is 1. The van der Waals surface area contributed by atoms with Gasteiger partial charge in [-0.1, -0.05) is 6.92 Å². The Labute approximate surface area is 94.7 Å². The fourth-order valence-electron chi connectivity index (χ4n) is 2.19. The molecule has 1 aromatic rings. The van der Waals surface area contributed by atoms with E-state index in [0.717, 1.165) is 18.8 Å². The van der Waals surface area contributed by atoms with E-state index in [9.17, 15) is 4.79 Å². The molecule has 1 aliphatic carbocycles. The quantitative estimate of drug-likeness (QED) is 0.821. The SMILES string of the molecule is CC1CCC(Nc2cc(C(=O)O)ccn2)C1. The lowest BCUT2D eigenvalue weighted by molar-refractivity contribution is 0.0697. The zero-order valence-electron chi connectivity index (χ0n) is 9.31. The Bertz CT molecular complexity index is 392. The number of carboxylic acid groups (broad SMARTS) is 1. The van der Waals surface area contributed by atoms with E-state index in [4.69, 9.17) is 5.11 Å². The van der Waals surface area contributed by atoms with Crippen molar-refractivity contribution >= 4 is 11.8 Å². The highest BCUT2D eigenvalue weighted by molar-refractivity contribution is 5.88. The summed E-state index contributed by atoms with van der Waals surface area (Å²) in [7, 11) is 0. The molecule has 2 unspecified atom stereocenters. The van der Waals surface area contributed by atoms with Crippen LogP contribution >= 0.6 is 0 Å². The average molecular weight is 220 g/mol. The van der Waals surface area contributed by atoms with Crippen molar-refractivity contribution in [3.8, 4) is 0 Å². The van der Waals surface area contributed by atoms with Gasteiger partial charge >= 0.3 is 5.97 Å². The van der Waals surface area contributed by atoms with Gasteiger partial charge in [-0.25, -0.2) is 9.78 Å². The monoisotopic (exact) mass is 220 g/mol. The van der Waals surface area contributed by atoms with Crippen LogP contribution in [-0.4, -0.2) is 22.1 Å². The Morgan fingerprint density at radius 1 is 1.56 bits per heavy atom. The lowest BCUT2D eigenvalue weighted by atomic mass is 10.1. The summed E-state index contributed by atoms with van der Waals surface area (Å²) in [6.45, 7) is 2.24. The molecule has 1 saturated carbocycles. The third kappa shape index (κ3) is 2.51. The molecule has 86 valence electrons. The van der Waals surface area contributed by atoms with Crippen LogP contribution in [0.15, 0.2) is 18.3 Å². The van der Waals surface area contributed by atoms with Crippen LogP contribution in [-0.2, 0) is 0 Å². The van der Waals surface area contributed by atoms with Gasteiger partial charge in [-0.3, -0.25) is 0 Å². The van der Waals surface area contributed by atoms with Crippen LogP contribution in [0.4, 0.5) is 5.82 Å². The summed E-state index contributed by atoms with van der Waals surface area (Å²) in [5.74, 6) is 0.504. The molecule has 1 aromatic heterocycles. The molecule has 4 heteroatoms. The van der Waals surface area contributed by atoms with Crippen molar-refractivity contribution in [2.75, 3.05) is 5.32 Å². The van der Waals surface area contributed by atoms with Crippen LogP contribution in [0.1, 0.15) is 36.5 Å². The van der Waals surface area contributed by atoms with Crippen LogP contribution in [0.5, 0.6) is 0 Å². The maximum atomic E-state index is 10.8. The zero-order valence-corrected chi connectivity index (χ0v) is 9.31. The molecule has 2 rings (SSSR count). The molecule has 0 spiro atoms. The van der Waals surface area contributed by atoms with Crippen molar-refractivity contribution < 1.29 is 9.90 Å². The highest BCUT2D eigenvalue weighted by atomic mass is 16.4. The van der Waals surface area contributed by atoms with E-state index >= 15 is 0 Å². The summed E-state index contributed by atoms with van der Waals surface area (Å²) in [5.41, 5.74) is 0.281. The van der Waals surface area contributed by atoms with Gasteiger partial charge in [0.2, 0.25) is 0 Å². The number of aromatic nitrogens is 1. The van der Waals surface area contributed by atoms with Crippen LogP contribution in [0.2, 0.25) is 0 Å². The van der Waals surface area contributed by atoms with E-state index in [1.807, 2.05) is 0 Å². The minimum absolute atomic E-state index is 0.281. The van der Waals surface area contributed by atoms with E-state index < -0.39 is 5.97 Å². The summed E-state index contributed by atoms with van der Waals surface area (Å²) in [5, 5.41) is 12.1. The maximum Gasteiger partial charge on any atom is 0.335 e. The summed E-state index contributed by atoms with van der Waals surface area (Å²) in [6, 6.07) is 3.53. The minimum Gasteiger partial charge on any atom is -0.478 e. The normalized spacial score (nSPS) is 24.3. The van der Waals surface area contributed by atoms with Gasteiger partial charge in [0.25, 0.3) is 0 Å². The van der Waals surface area contributed by atoms with Crippen LogP contribution < -0.4 is 5.32 Å². The Hall–Kier alpha value is -1.58. The highest BCUT2D eigenvalue weighted by Crippen LogP contribution is 2.27. The lowest BCUT2D eigenvalue weighted by Gasteiger charge is -2.13. The Kier molecular flexibility index (Phi) is 3.08. The standard InChI is InChI=1S/C12H16N2O2/c1-8-2-3-10(6-8)14-11-7-9(12(15)16)4-5-13-11/h4-5,7-8,10H,2-3,6H2,1H3,(H,13,14)(H,15,16). The summed E-state index contributed by atoms with van der Waals surface area (Å²) in [6.07, 6.45) is 5.04. The molecule has 4 nitrogen and oxygen atoms in total. The van der Waals surface area contributed by atoms with Crippen molar-refractivity contribution in [2.24, 2.45) is 5.92 Å². The van der Waals surface area contributed by atoms with Crippen LogP contribution in [0.25, 0.3) is 0 Å². The van der Waals surface area contributed by atoms with E-state index in [0.29, 0.717) is 11.9 Å². The maximum absolute atomic E-state index is 10.8. The number of hydrogen-bond donors (Lipinski definition) is 2. The number of carboxylic acids is 1. The molecule has 1 heterocycles. The molecule has 0 aliphatic heterocycles. The molecule has 16 heavy (non-hydrogen) atoms. The fourth-order valence-corrected chi connectivity index (χ4v) is 2.19. The van der Waals surface area contributed by atoms with Crippen molar-refractivity contribution in [1.29, 1.82) is 0 Å². The Morgan fingerprint density at radius 2 is 2.38 bits per heavy atom. The van der Waals surface area contributed by atoms with Gasteiger partial charge in [0.1, 0.15) is 5.82 Å². The topological polar surface area (TPSA) is 62.2 Å². The van der Waals surface area contributed by atoms with E-state index in [1.165, 1.54) is 18.7 Å². The number of aromatic carboxylic acids is 1. The van der Waals surface area contributed by atoms with Gasteiger partial charge < -0.3 is 10.4 Å². The third-order valence-corrected chi connectivity index (χ3v) is 3.05. The van der Waals surface area contributed by atoms with Crippen LogP contribution in [0.3, 0.4) is 0 Å². The third-order valence-electron chi connectivity index (χ3n) is 3.05. The second-order valence-corrected chi connectivity index (χ2v) is 4.49. The minimum atomic E-state index is -0.912. The van der Waals surface area contributed by atoms with Gasteiger partial charge in [0.05, 0.1) is 5.56 Å². The number of pyridine rings is 1. The molecule has 0 saturated heterocycles. The highest BCUT2D eigenvalue weighted by Gasteiger charge is 2.21. The van der Waals surface area contributed by atoms with Gasteiger partial charge in [0, 0.05) is 12.2 Å². The van der Waals surface area contributed by atoms with Crippen molar-refractivity contribution in [3.63, 3.8) is 0 Å². The summed E-state index contributed by atoms with van der Waals surface area (Å²) >= 11 is 0. The summed E-state index contributed by atoms with van der Waals surface area (Å²) in [4.78, 5) is 14.9. The molecule has 0 bridgehead atoms. The molecule has 0 amide bonds. The molecule has 1 aliphatic rings. The van der Waals surface area contributed by atoms with Crippen molar-refractivity contribution in [1.82, 2.24) is 4.98 Å². The van der Waals surface area contributed by atoms with Gasteiger partial charge in [-0.2, -0.15) is 0 Å². The first-order chi connectivity index (χ1) is 7.65. The largest absolute Gasteiger partial charge is 0.478 e. The smallest absolute Gasteiger partial charge is 0.335 e. The predicted molar refractivity (Wildman–Crippen MR) is 61.6 cm³/mol. The first kappa shape index (κ1) is 10.9. The number of nitrogens with one attached hydrogen (secondary N) is 1. The number of hydrogen-bond acceptors (Lipinski definition) is 3. The summed E-state index contributed by atoms with van der Waals surface area (Å²) < 4.78 is 0. The van der Waals surface area contributed by atoms with Crippen molar-refractivity contribution in [2.45, 2.75) is 32.2 Å². The molecule has 2 atom stereocenters. The molecular weight excluding hydrogens is 204 g/mol. The van der Waals surface area contributed by atoms with Crippen LogP contribution in [0, 0.1) is 5.92 Å². The molecule has 0 aromatic carbocycles. The fraction of sp³-hybridized carbons (Fsp3) is 0.500. The average Bonchev–Trinajstić information content (AvgIpc) is 2.64. The molecule has 1 fully saturated rings. The predicted octanol–water partition coefficient (Wildman–Crippen LogP) is 2.38. The first-order valence-corrected chi connectivity index (χ1v) is 5.61.